The normalized spacial score (nSPS) is 33.5. The Morgan fingerprint density at radius 1 is 1.18 bits per heavy atom. The Labute approximate surface area is 201 Å². The Kier molecular flexibility index (Phi) is 6.10. The van der Waals surface area contributed by atoms with E-state index in [0.717, 1.165) is 50.2 Å². The van der Waals surface area contributed by atoms with E-state index in [4.69, 9.17) is 9.47 Å². The molecular weight excluding hydrogens is 432 g/mol. The lowest BCUT2D eigenvalue weighted by Gasteiger charge is -2.60. The highest BCUT2D eigenvalue weighted by Gasteiger charge is 2.59. The number of likely N-dealkylation sites (tertiary alicyclic amines) is 1. The molecule has 1 saturated carbocycles. The van der Waals surface area contributed by atoms with Crippen LogP contribution in [0, 0.1) is 16.7 Å². The van der Waals surface area contributed by atoms with E-state index in [-0.39, 0.29) is 53.3 Å². The first-order chi connectivity index (χ1) is 16.4. The zero-order valence-corrected chi connectivity index (χ0v) is 20.1. The van der Waals surface area contributed by atoms with E-state index >= 15 is 0 Å². The third-order valence-corrected chi connectivity index (χ3v) is 8.26. The van der Waals surface area contributed by atoms with Crippen molar-refractivity contribution in [3.8, 4) is 0 Å². The molecule has 7 heteroatoms. The number of allylic oxidation sites excluding steroid dienone is 1. The summed E-state index contributed by atoms with van der Waals surface area (Å²) >= 11 is 0. The van der Waals surface area contributed by atoms with Crippen LogP contribution in [-0.2, 0) is 19.1 Å². The maximum Gasteiger partial charge on any atom is 0.340 e. The quantitative estimate of drug-likeness (QED) is 0.375. The number of nitrogens with zero attached hydrogens (tertiary/aromatic N) is 2. The molecule has 1 aliphatic carbocycles. The van der Waals surface area contributed by atoms with Gasteiger partial charge in [-0.05, 0) is 37.9 Å². The van der Waals surface area contributed by atoms with E-state index in [2.05, 4.69) is 24.0 Å². The molecule has 2 saturated heterocycles. The van der Waals surface area contributed by atoms with Crippen LogP contribution in [0.1, 0.15) is 56.3 Å². The van der Waals surface area contributed by atoms with Crippen molar-refractivity contribution in [2.75, 3.05) is 37.7 Å². The average Bonchev–Trinajstić information content (AvgIpc) is 2.97. The van der Waals surface area contributed by atoms with Crippen LogP contribution in [0.25, 0.3) is 0 Å². The van der Waals surface area contributed by atoms with E-state index in [1.165, 1.54) is 0 Å². The van der Waals surface area contributed by atoms with Gasteiger partial charge in [0.2, 0.25) is 11.8 Å². The number of rotatable bonds is 5. The predicted octanol–water partition coefficient (Wildman–Crippen LogP) is 3.58. The number of benzene rings is 1. The fraction of sp³-hybridized carbons (Fsp3) is 0.593. The molecule has 3 fully saturated rings. The van der Waals surface area contributed by atoms with Gasteiger partial charge in [-0.1, -0.05) is 44.6 Å². The molecule has 2 bridgehead atoms. The lowest BCUT2D eigenvalue weighted by Crippen LogP contribution is -2.66. The molecule has 2 amide bonds. The average molecular weight is 467 g/mol. The molecule has 182 valence electrons. The van der Waals surface area contributed by atoms with Gasteiger partial charge in [0.05, 0.1) is 24.0 Å². The highest BCUT2D eigenvalue weighted by atomic mass is 16.5. The molecule has 0 spiro atoms. The molecular formula is C27H34N2O5. The molecule has 34 heavy (non-hydrogen) atoms. The maximum atomic E-state index is 13.4. The fourth-order valence-electron chi connectivity index (χ4n) is 6.72. The summed E-state index contributed by atoms with van der Waals surface area (Å²) in [5.74, 6) is -1.43. The number of hydrogen-bond acceptors (Lipinski definition) is 6. The fourth-order valence-corrected chi connectivity index (χ4v) is 6.72. The van der Waals surface area contributed by atoms with Gasteiger partial charge in [0.15, 0.2) is 0 Å². The number of ether oxygens (including phenoxy) is 2. The van der Waals surface area contributed by atoms with E-state index in [0.29, 0.717) is 12.3 Å². The van der Waals surface area contributed by atoms with Crippen LogP contribution in [0.3, 0.4) is 0 Å². The van der Waals surface area contributed by atoms with Crippen LogP contribution in [0.15, 0.2) is 36.4 Å². The van der Waals surface area contributed by atoms with Gasteiger partial charge in [0.1, 0.15) is 6.61 Å². The molecule has 5 rings (SSSR count). The number of amides is 2. The van der Waals surface area contributed by atoms with Gasteiger partial charge >= 0.3 is 5.97 Å². The summed E-state index contributed by atoms with van der Waals surface area (Å²) in [6.45, 7) is 7.57. The zero-order valence-electron chi connectivity index (χ0n) is 20.1. The molecule has 1 aromatic carbocycles. The molecule has 0 N–H and O–H groups in total. The number of anilines is 1. The Morgan fingerprint density at radius 2 is 2.00 bits per heavy atom. The maximum absolute atomic E-state index is 13.4. The van der Waals surface area contributed by atoms with Gasteiger partial charge in [0.25, 0.3) is 0 Å². The number of carbonyl (C=O) groups excluding carboxylic acids is 3. The second kappa shape index (κ2) is 8.93. The highest BCUT2D eigenvalue weighted by molar-refractivity contribution is 6.22. The number of piperidine rings is 1. The van der Waals surface area contributed by atoms with Gasteiger partial charge in [-0.3, -0.25) is 9.59 Å². The van der Waals surface area contributed by atoms with Crippen molar-refractivity contribution in [3.05, 3.63) is 42.0 Å². The summed E-state index contributed by atoms with van der Waals surface area (Å²) in [6.07, 6.45) is 8.71. The molecule has 0 radical (unpaired) electrons. The van der Waals surface area contributed by atoms with Crippen molar-refractivity contribution < 1.29 is 23.9 Å². The van der Waals surface area contributed by atoms with Crippen molar-refractivity contribution in [2.24, 2.45) is 16.7 Å². The summed E-state index contributed by atoms with van der Waals surface area (Å²) in [4.78, 5) is 42.1. The van der Waals surface area contributed by atoms with E-state index in [1.54, 1.807) is 31.2 Å². The summed E-state index contributed by atoms with van der Waals surface area (Å²) < 4.78 is 12.4. The Morgan fingerprint density at radius 3 is 2.76 bits per heavy atom. The largest absolute Gasteiger partial charge is 0.461 e. The lowest BCUT2D eigenvalue weighted by molar-refractivity contribution is -0.197. The second-order valence-electron chi connectivity index (χ2n) is 10.5. The number of esters is 1. The number of para-hydroxylation sites is 1. The molecule has 4 aliphatic rings. The number of hydrogen-bond donors (Lipinski definition) is 0. The molecule has 0 aromatic heterocycles. The van der Waals surface area contributed by atoms with Gasteiger partial charge in [-0.15, -0.1) is 0 Å². The number of carbonyl (C=O) groups is 3. The summed E-state index contributed by atoms with van der Waals surface area (Å²) in [7, 11) is 0. The smallest absolute Gasteiger partial charge is 0.340 e. The molecule has 3 aliphatic heterocycles. The monoisotopic (exact) mass is 466 g/mol. The molecule has 4 atom stereocenters. The molecule has 7 nitrogen and oxygen atoms in total. The summed E-state index contributed by atoms with van der Waals surface area (Å²) in [5.41, 5.74) is 0.352. The van der Waals surface area contributed by atoms with Crippen LogP contribution in [-0.4, -0.2) is 61.6 Å². The van der Waals surface area contributed by atoms with Crippen LogP contribution < -0.4 is 4.90 Å². The Balaban J connectivity index is 1.40. The summed E-state index contributed by atoms with van der Waals surface area (Å²) in [6, 6.07) is 6.75. The lowest BCUT2D eigenvalue weighted by atomic mass is 9.56. The predicted molar refractivity (Wildman–Crippen MR) is 127 cm³/mol. The van der Waals surface area contributed by atoms with Crippen molar-refractivity contribution in [1.82, 2.24) is 4.90 Å². The Hall–Kier alpha value is -2.51. The summed E-state index contributed by atoms with van der Waals surface area (Å²) in [5, 5.41) is 0. The first kappa shape index (κ1) is 23.2. The van der Waals surface area contributed by atoms with Gasteiger partial charge < -0.3 is 14.4 Å². The zero-order chi connectivity index (χ0) is 23.9. The van der Waals surface area contributed by atoms with E-state index in [9.17, 15) is 14.4 Å². The topological polar surface area (TPSA) is 76.2 Å². The minimum Gasteiger partial charge on any atom is -0.461 e. The van der Waals surface area contributed by atoms with Crippen molar-refractivity contribution >= 4 is 23.5 Å². The third-order valence-electron chi connectivity index (χ3n) is 8.26. The van der Waals surface area contributed by atoms with E-state index in [1.807, 2.05) is 0 Å². The highest BCUT2D eigenvalue weighted by Crippen LogP contribution is 2.55. The van der Waals surface area contributed by atoms with Crippen LogP contribution in [0.2, 0.25) is 0 Å². The van der Waals surface area contributed by atoms with Gasteiger partial charge in [0, 0.05) is 36.3 Å². The number of imide groups is 1. The third kappa shape index (κ3) is 3.79. The Bertz CT molecular complexity index is 1020. The van der Waals surface area contributed by atoms with Crippen LogP contribution >= 0.6 is 0 Å². The SMILES string of the molecule is CCN1C[C@@]23CC=CCO[C@H]2[C@@](COC(=O)c2ccccc2N2C(=O)C[C@@H](C)C2=O)(CCC3)C1. The first-order valence-corrected chi connectivity index (χ1v) is 12.5. The standard InChI is InChI=1S/C27H34N2O5/c1-3-28-16-26-11-6-7-14-33-25(26)27(17-28,13-8-12-26)18-34-24(32)20-9-4-5-10-21(20)29-22(30)15-19(2)23(29)31/h4-7,9-10,19,25H,3,8,11-18H2,1-2H3/t19-,25-,26+,27+/m1/s1. The molecule has 1 aromatic rings. The van der Waals surface area contributed by atoms with E-state index < -0.39 is 5.97 Å². The minimum atomic E-state index is -0.498. The van der Waals surface area contributed by atoms with Crippen LogP contribution in [0.4, 0.5) is 5.69 Å². The van der Waals surface area contributed by atoms with Crippen molar-refractivity contribution in [3.63, 3.8) is 0 Å². The molecule has 3 heterocycles. The first-order valence-electron chi connectivity index (χ1n) is 12.5. The molecule has 0 unspecified atom stereocenters. The van der Waals surface area contributed by atoms with Crippen molar-refractivity contribution in [1.29, 1.82) is 0 Å². The van der Waals surface area contributed by atoms with Crippen LogP contribution in [0.5, 0.6) is 0 Å². The van der Waals surface area contributed by atoms with Gasteiger partial charge in [-0.25, -0.2) is 9.69 Å². The van der Waals surface area contributed by atoms with Crippen molar-refractivity contribution in [2.45, 2.75) is 52.1 Å². The minimum absolute atomic E-state index is 0.0391. The second-order valence-corrected chi connectivity index (χ2v) is 10.5. The van der Waals surface area contributed by atoms with Gasteiger partial charge in [-0.2, -0.15) is 0 Å².